The fourth-order valence-corrected chi connectivity index (χ4v) is 3.64. The number of amides is 1. The zero-order valence-electron chi connectivity index (χ0n) is 13.4. The van der Waals surface area contributed by atoms with E-state index in [4.69, 9.17) is 0 Å². The fourth-order valence-electron chi connectivity index (χ4n) is 3.64. The molecule has 6 heteroatoms. The summed E-state index contributed by atoms with van der Waals surface area (Å²) < 4.78 is 2.28. The number of likely N-dealkylation sites (tertiary alicyclic amines) is 1. The van der Waals surface area contributed by atoms with Crippen LogP contribution in [-0.4, -0.2) is 43.6 Å². The van der Waals surface area contributed by atoms with Crippen molar-refractivity contribution in [1.82, 2.24) is 24.6 Å². The minimum Gasteiger partial charge on any atom is -0.337 e. The second-order valence-corrected chi connectivity index (χ2v) is 6.46. The molecule has 23 heavy (non-hydrogen) atoms. The molecule has 0 spiro atoms. The Kier molecular flexibility index (Phi) is 3.59. The summed E-state index contributed by atoms with van der Waals surface area (Å²) in [5, 5.41) is 8.70. The Morgan fingerprint density at radius 1 is 1.17 bits per heavy atom. The van der Waals surface area contributed by atoms with Gasteiger partial charge in [0.1, 0.15) is 17.3 Å². The highest BCUT2D eigenvalue weighted by atomic mass is 16.2. The third kappa shape index (κ3) is 2.62. The van der Waals surface area contributed by atoms with Gasteiger partial charge in [0.15, 0.2) is 0 Å². The lowest BCUT2D eigenvalue weighted by molar-refractivity contribution is 0.0704. The normalized spacial score (nSPS) is 18.2. The van der Waals surface area contributed by atoms with Crippen LogP contribution in [-0.2, 0) is 13.0 Å². The van der Waals surface area contributed by atoms with Crippen LogP contribution in [0.1, 0.15) is 53.0 Å². The summed E-state index contributed by atoms with van der Waals surface area (Å²) in [7, 11) is 0. The van der Waals surface area contributed by atoms with Gasteiger partial charge in [-0.1, -0.05) is 6.07 Å². The number of hydrogen-bond donors (Lipinski definition) is 0. The molecule has 2 aromatic rings. The molecule has 1 saturated heterocycles. The van der Waals surface area contributed by atoms with E-state index >= 15 is 0 Å². The number of hydrogen-bond acceptors (Lipinski definition) is 4. The van der Waals surface area contributed by atoms with Gasteiger partial charge in [-0.15, -0.1) is 10.2 Å². The van der Waals surface area contributed by atoms with Crippen LogP contribution in [0.3, 0.4) is 0 Å². The Labute approximate surface area is 135 Å². The predicted octanol–water partition coefficient (Wildman–Crippen LogP) is 1.95. The summed E-state index contributed by atoms with van der Waals surface area (Å²) in [6, 6.07) is 5.60. The Morgan fingerprint density at radius 2 is 2.00 bits per heavy atom. The van der Waals surface area contributed by atoms with E-state index in [0.29, 0.717) is 11.6 Å². The monoisotopic (exact) mass is 311 g/mol. The first-order chi connectivity index (χ1) is 11.2. The summed E-state index contributed by atoms with van der Waals surface area (Å²) in [6.07, 6.45) is 4.13. The molecule has 0 aromatic carbocycles. The number of aromatic nitrogens is 4. The number of nitrogens with zero attached hydrogens (tertiary/aromatic N) is 5. The van der Waals surface area contributed by atoms with Crippen LogP contribution in [0.4, 0.5) is 0 Å². The lowest BCUT2D eigenvalue weighted by Gasteiger charge is -2.31. The van der Waals surface area contributed by atoms with Crippen molar-refractivity contribution in [3.8, 4) is 0 Å². The zero-order chi connectivity index (χ0) is 15.8. The first kappa shape index (κ1) is 14.4. The zero-order valence-corrected chi connectivity index (χ0v) is 13.4. The highest BCUT2D eigenvalue weighted by Gasteiger charge is 2.29. The number of carbonyl (C=O) groups is 1. The van der Waals surface area contributed by atoms with Gasteiger partial charge in [0.05, 0.1) is 0 Å². The minimum absolute atomic E-state index is 0.0404. The number of pyridine rings is 1. The van der Waals surface area contributed by atoms with Crippen LogP contribution in [0.15, 0.2) is 18.2 Å². The highest BCUT2D eigenvalue weighted by molar-refractivity contribution is 5.92. The first-order valence-electron chi connectivity index (χ1n) is 8.37. The van der Waals surface area contributed by atoms with Gasteiger partial charge in [0, 0.05) is 37.7 Å². The van der Waals surface area contributed by atoms with Crippen LogP contribution >= 0.6 is 0 Å². The van der Waals surface area contributed by atoms with Crippen molar-refractivity contribution in [2.75, 3.05) is 13.1 Å². The van der Waals surface area contributed by atoms with Gasteiger partial charge in [0.2, 0.25) is 0 Å². The highest BCUT2D eigenvalue weighted by Crippen LogP contribution is 2.29. The van der Waals surface area contributed by atoms with E-state index in [1.165, 1.54) is 6.42 Å². The molecule has 0 radical (unpaired) electrons. The molecular formula is C17H21N5O. The molecule has 4 rings (SSSR count). The number of piperidine rings is 1. The number of aryl methyl sites for hydroxylation is 2. The van der Waals surface area contributed by atoms with Crippen LogP contribution in [0.2, 0.25) is 0 Å². The Hall–Kier alpha value is -2.24. The summed E-state index contributed by atoms with van der Waals surface area (Å²) in [6.45, 7) is 4.49. The summed E-state index contributed by atoms with van der Waals surface area (Å²) in [5.74, 6) is 2.71. The van der Waals surface area contributed by atoms with Crippen molar-refractivity contribution < 1.29 is 4.79 Å². The maximum Gasteiger partial charge on any atom is 0.272 e. The molecule has 2 aliphatic rings. The lowest BCUT2D eigenvalue weighted by atomic mass is 9.95. The quantitative estimate of drug-likeness (QED) is 0.850. The minimum atomic E-state index is 0.0404. The topological polar surface area (TPSA) is 63.9 Å². The first-order valence-corrected chi connectivity index (χ1v) is 8.37. The standard InChI is InChI=1S/C17H21N5O/c1-12-4-2-5-14(18-12)17(23)21-10-7-13(8-11-21)16-20-19-15-6-3-9-22(15)16/h2,4-5,13H,3,6-11H2,1H3. The van der Waals surface area contributed by atoms with Crippen molar-refractivity contribution in [2.45, 2.75) is 45.1 Å². The maximum absolute atomic E-state index is 12.6. The summed E-state index contributed by atoms with van der Waals surface area (Å²) in [4.78, 5) is 18.8. The van der Waals surface area contributed by atoms with Gasteiger partial charge >= 0.3 is 0 Å². The Balaban J connectivity index is 1.44. The van der Waals surface area contributed by atoms with E-state index in [0.717, 1.165) is 56.2 Å². The lowest BCUT2D eigenvalue weighted by Crippen LogP contribution is -2.38. The van der Waals surface area contributed by atoms with Crippen molar-refractivity contribution in [3.63, 3.8) is 0 Å². The van der Waals surface area contributed by atoms with Crippen molar-refractivity contribution in [1.29, 1.82) is 0 Å². The number of rotatable bonds is 2. The van der Waals surface area contributed by atoms with E-state index in [2.05, 4.69) is 19.7 Å². The molecule has 0 aliphatic carbocycles. The summed E-state index contributed by atoms with van der Waals surface area (Å²) in [5.41, 5.74) is 1.43. The van der Waals surface area contributed by atoms with Crippen molar-refractivity contribution in [3.05, 3.63) is 41.2 Å². The molecule has 4 heterocycles. The third-order valence-corrected chi connectivity index (χ3v) is 4.89. The molecule has 6 nitrogen and oxygen atoms in total. The fraction of sp³-hybridized carbons (Fsp3) is 0.529. The smallest absolute Gasteiger partial charge is 0.272 e. The van der Waals surface area contributed by atoms with Crippen molar-refractivity contribution in [2.24, 2.45) is 0 Å². The maximum atomic E-state index is 12.6. The third-order valence-electron chi connectivity index (χ3n) is 4.89. The van der Waals surface area contributed by atoms with Gasteiger partial charge < -0.3 is 9.47 Å². The van der Waals surface area contributed by atoms with Crippen LogP contribution in [0.5, 0.6) is 0 Å². The molecule has 120 valence electrons. The van der Waals surface area contributed by atoms with Gasteiger partial charge in [-0.25, -0.2) is 4.98 Å². The molecule has 2 aromatic heterocycles. The Bertz CT molecular complexity index is 730. The van der Waals surface area contributed by atoms with Gasteiger partial charge in [0.25, 0.3) is 5.91 Å². The van der Waals surface area contributed by atoms with Crippen LogP contribution in [0.25, 0.3) is 0 Å². The molecule has 1 amide bonds. The number of fused-ring (bicyclic) bond motifs is 1. The molecule has 2 aliphatic heterocycles. The second kappa shape index (κ2) is 5.76. The van der Waals surface area contributed by atoms with E-state index in [9.17, 15) is 4.79 Å². The summed E-state index contributed by atoms with van der Waals surface area (Å²) >= 11 is 0. The van der Waals surface area contributed by atoms with Crippen LogP contribution in [0, 0.1) is 6.92 Å². The molecule has 0 saturated carbocycles. The van der Waals surface area contributed by atoms with Gasteiger partial charge in [-0.2, -0.15) is 0 Å². The van der Waals surface area contributed by atoms with Crippen molar-refractivity contribution >= 4 is 5.91 Å². The largest absolute Gasteiger partial charge is 0.337 e. The van der Waals surface area contributed by atoms with E-state index in [-0.39, 0.29) is 5.91 Å². The van der Waals surface area contributed by atoms with Gasteiger partial charge in [-0.05, 0) is 38.3 Å². The van der Waals surface area contributed by atoms with E-state index in [1.54, 1.807) is 6.07 Å². The molecule has 0 atom stereocenters. The molecule has 0 unspecified atom stereocenters. The average Bonchev–Trinajstić information content (AvgIpc) is 3.18. The molecule has 1 fully saturated rings. The molecule has 0 N–H and O–H groups in total. The average molecular weight is 311 g/mol. The van der Waals surface area contributed by atoms with Crippen LogP contribution < -0.4 is 0 Å². The second-order valence-electron chi connectivity index (χ2n) is 6.46. The SMILES string of the molecule is Cc1cccc(C(=O)N2CCC(c3nnc4n3CCC4)CC2)n1. The Morgan fingerprint density at radius 3 is 2.78 bits per heavy atom. The molecular weight excluding hydrogens is 290 g/mol. The van der Waals surface area contributed by atoms with E-state index < -0.39 is 0 Å². The van der Waals surface area contributed by atoms with Gasteiger partial charge in [-0.3, -0.25) is 4.79 Å². The number of carbonyl (C=O) groups excluding carboxylic acids is 1. The van der Waals surface area contributed by atoms with E-state index in [1.807, 2.05) is 24.0 Å². The molecule has 0 bridgehead atoms. The predicted molar refractivity (Wildman–Crippen MR) is 85.2 cm³/mol.